The number of nitriles is 1. The molecule has 0 aromatic heterocycles. The van der Waals surface area contributed by atoms with Crippen LogP contribution in [0.2, 0.25) is 5.02 Å². The van der Waals surface area contributed by atoms with Crippen molar-refractivity contribution < 1.29 is 23.1 Å². The maximum Gasteiger partial charge on any atom is 0.416 e. The van der Waals surface area contributed by atoms with Crippen LogP contribution in [0.3, 0.4) is 0 Å². The monoisotopic (exact) mass is 451 g/mol. The molecule has 1 unspecified atom stereocenters. The van der Waals surface area contributed by atoms with E-state index in [1.165, 1.54) is 30.0 Å². The number of anilines is 1. The van der Waals surface area contributed by atoms with Crippen molar-refractivity contribution >= 4 is 23.2 Å². The number of carbonyl (C=O) groups excluding carboxylic acids is 1. The first-order valence-corrected chi connectivity index (χ1v) is 10.1. The van der Waals surface area contributed by atoms with Gasteiger partial charge in [-0.2, -0.15) is 18.4 Å². The smallest absolute Gasteiger partial charge is 0.384 e. The van der Waals surface area contributed by atoms with Crippen LogP contribution in [0.4, 0.5) is 18.9 Å². The fourth-order valence-corrected chi connectivity index (χ4v) is 4.00. The molecule has 1 aliphatic heterocycles. The van der Waals surface area contributed by atoms with E-state index < -0.39 is 23.8 Å². The summed E-state index contributed by atoms with van der Waals surface area (Å²) in [6.45, 7) is 1.97. The zero-order chi connectivity index (χ0) is 22.8. The van der Waals surface area contributed by atoms with Gasteiger partial charge in [0, 0.05) is 31.4 Å². The highest BCUT2D eigenvalue weighted by Crippen LogP contribution is 2.35. The highest BCUT2D eigenvalue weighted by molar-refractivity contribution is 6.32. The summed E-state index contributed by atoms with van der Waals surface area (Å²) in [7, 11) is 0. The SMILES string of the molecule is CC(O)C(=O)N1CC[C@H](N(Cc2ccccc2C(F)(F)F)c2ccc(C#N)c(Cl)c2)C1. The van der Waals surface area contributed by atoms with Crippen molar-refractivity contribution in [3.8, 4) is 6.07 Å². The number of hydrogen-bond acceptors (Lipinski definition) is 4. The number of aliphatic hydroxyl groups excluding tert-OH is 1. The van der Waals surface area contributed by atoms with Gasteiger partial charge in [0.25, 0.3) is 5.91 Å². The van der Waals surface area contributed by atoms with Gasteiger partial charge < -0.3 is 14.9 Å². The van der Waals surface area contributed by atoms with Crippen molar-refractivity contribution in [1.82, 2.24) is 4.90 Å². The maximum atomic E-state index is 13.5. The summed E-state index contributed by atoms with van der Waals surface area (Å²) in [4.78, 5) is 15.5. The number of nitrogens with zero attached hydrogens (tertiary/aromatic N) is 3. The van der Waals surface area contributed by atoms with Crippen molar-refractivity contribution in [1.29, 1.82) is 5.26 Å². The molecule has 1 N–H and O–H groups in total. The lowest BCUT2D eigenvalue weighted by Crippen LogP contribution is -2.41. The molecule has 1 fully saturated rings. The quantitative estimate of drug-likeness (QED) is 0.739. The third kappa shape index (κ3) is 5.12. The first kappa shape index (κ1) is 22.9. The van der Waals surface area contributed by atoms with Crippen LogP contribution in [0, 0.1) is 11.3 Å². The Morgan fingerprint density at radius 3 is 2.68 bits per heavy atom. The van der Waals surface area contributed by atoms with Crippen molar-refractivity contribution in [2.75, 3.05) is 18.0 Å². The lowest BCUT2D eigenvalue weighted by atomic mass is 10.0. The van der Waals surface area contributed by atoms with Crippen LogP contribution in [0.5, 0.6) is 0 Å². The fraction of sp³-hybridized carbons (Fsp3) is 0.364. The van der Waals surface area contributed by atoms with Gasteiger partial charge in [0.15, 0.2) is 0 Å². The van der Waals surface area contributed by atoms with Crippen LogP contribution in [0.15, 0.2) is 42.5 Å². The Balaban J connectivity index is 1.98. The van der Waals surface area contributed by atoms with Crippen molar-refractivity contribution in [2.45, 2.75) is 38.2 Å². The summed E-state index contributed by atoms with van der Waals surface area (Å²) < 4.78 is 40.6. The highest BCUT2D eigenvalue weighted by atomic mass is 35.5. The van der Waals surface area contributed by atoms with Crippen LogP contribution in [0.1, 0.15) is 30.0 Å². The molecule has 1 heterocycles. The number of halogens is 4. The number of benzene rings is 2. The lowest BCUT2D eigenvalue weighted by molar-refractivity contribution is -0.138. The van der Waals surface area contributed by atoms with E-state index in [-0.39, 0.29) is 35.3 Å². The molecule has 3 rings (SSSR count). The van der Waals surface area contributed by atoms with Gasteiger partial charge >= 0.3 is 6.18 Å². The van der Waals surface area contributed by atoms with Crippen LogP contribution in [-0.2, 0) is 17.5 Å². The first-order valence-electron chi connectivity index (χ1n) is 9.70. The van der Waals surface area contributed by atoms with E-state index in [1.54, 1.807) is 23.1 Å². The number of carbonyl (C=O) groups is 1. The predicted molar refractivity (Wildman–Crippen MR) is 110 cm³/mol. The second-order valence-electron chi connectivity index (χ2n) is 7.46. The Morgan fingerprint density at radius 1 is 1.35 bits per heavy atom. The van der Waals surface area contributed by atoms with Crippen LogP contribution in [-0.4, -0.2) is 41.1 Å². The van der Waals surface area contributed by atoms with Crippen LogP contribution < -0.4 is 4.90 Å². The predicted octanol–water partition coefficient (Wildman–Crippen LogP) is 4.22. The average Bonchev–Trinajstić information content (AvgIpc) is 3.20. The molecule has 0 spiro atoms. The summed E-state index contributed by atoms with van der Waals surface area (Å²) in [6.07, 6.45) is -5.14. The normalized spacial score (nSPS) is 17.3. The largest absolute Gasteiger partial charge is 0.416 e. The van der Waals surface area contributed by atoms with Gasteiger partial charge in [0.1, 0.15) is 12.2 Å². The molecule has 0 saturated carbocycles. The maximum absolute atomic E-state index is 13.5. The van der Waals surface area contributed by atoms with E-state index in [4.69, 9.17) is 16.9 Å². The Hall–Kier alpha value is -2.76. The minimum atomic E-state index is -4.51. The molecule has 1 amide bonds. The molecule has 1 saturated heterocycles. The topological polar surface area (TPSA) is 67.6 Å². The first-order chi connectivity index (χ1) is 14.6. The molecule has 2 atom stereocenters. The highest BCUT2D eigenvalue weighted by Gasteiger charge is 2.36. The third-order valence-electron chi connectivity index (χ3n) is 5.34. The minimum absolute atomic E-state index is 0.0563. The Morgan fingerprint density at radius 2 is 2.06 bits per heavy atom. The van der Waals surface area contributed by atoms with Gasteiger partial charge in [-0.15, -0.1) is 0 Å². The lowest BCUT2D eigenvalue weighted by Gasteiger charge is -2.32. The van der Waals surface area contributed by atoms with Gasteiger partial charge in [0.2, 0.25) is 0 Å². The molecule has 2 aromatic rings. The van der Waals surface area contributed by atoms with Gasteiger partial charge in [-0.1, -0.05) is 29.8 Å². The molecule has 5 nitrogen and oxygen atoms in total. The van der Waals surface area contributed by atoms with E-state index in [9.17, 15) is 23.1 Å². The minimum Gasteiger partial charge on any atom is -0.384 e. The van der Waals surface area contributed by atoms with E-state index >= 15 is 0 Å². The van der Waals surface area contributed by atoms with Crippen LogP contribution >= 0.6 is 11.6 Å². The number of aliphatic hydroxyl groups is 1. The van der Waals surface area contributed by atoms with Gasteiger partial charge in [-0.25, -0.2) is 0 Å². The summed E-state index contributed by atoms with van der Waals surface area (Å²) in [6, 6.07) is 11.7. The molecule has 0 aliphatic carbocycles. The van der Waals surface area contributed by atoms with Gasteiger partial charge in [-0.3, -0.25) is 4.79 Å². The molecule has 2 aromatic carbocycles. The summed E-state index contributed by atoms with van der Waals surface area (Å²) in [5, 5.41) is 18.9. The summed E-state index contributed by atoms with van der Waals surface area (Å²) in [5.41, 5.74) is 0.182. The number of alkyl halides is 3. The Labute approximate surface area is 183 Å². The third-order valence-corrected chi connectivity index (χ3v) is 5.65. The molecule has 1 aliphatic rings. The molecular formula is C22H21ClF3N3O2. The van der Waals surface area contributed by atoms with Crippen molar-refractivity contribution in [3.05, 3.63) is 64.2 Å². The number of hydrogen-bond donors (Lipinski definition) is 1. The Bertz CT molecular complexity index is 1000. The number of rotatable bonds is 5. The molecule has 9 heteroatoms. The van der Waals surface area contributed by atoms with Gasteiger partial charge in [-0.05, 0) is 43.2 Å². The molecule has 164 valence electrons. The van der Waals surface area contributed by atoms with Crippen molar-refractivity contribution in [2.24, 2.45) is 0 Å². The second kappa shape index (κ2) is 9.16. The standard InChI is InChI=1S/C22H21ClF3N3O2/c1-14(30)21(31)28-9-8-18(13-28)29(17-7-6-15(11-27)20(23)10-17)12-16-4-2-3-5-19(16)22(24,25)26/h2-7,10,14,18,30H,8-9,12-13H2,1H3/t14?,18-/m0/s1. The molecule has 0 bridgehead atoms. The van der Waals surface area contributed by atoms with E-state index in [2.05, 4.69) is 0 Å². The van der Waals surface area contributed by atoms with E-state index in [0.29, 0.717) is 18.7 Å². The Kier molecular flexibility index (Phi) is 6.77. The second-order valence-corrected chi connectivity index (χ2v) is 7.87. The van der Waals surface area contributed by atoms with Crippen LogP contribution in [0.25, 0.3) is 0 Å². The molecule has 0 radical (unpaired) electrons. The van der Waals surface area contributed by atoms with Crippen molar-refractivity contribution in [3.63, 3.8) is 0 Å². The summed E-state index contributed by atoms with van der Waals surface area (Å²) >= 11 is 6.18. The number of amides is 1. The number of likely N-dealkylation sites (tertiary alicyclic amines) is 1. The summed E-state index contributed by atoms with van der Waals surface area (Å²) in [5.74, 6) is -0.420. The molecule has 31 heavy (non-hydrogen) atoms. The zero-order valence-corrected chi connectivity index (χ0v) is 17.5. The van der Waals surface area contributed by atoms with E-state index in [1.807, 2.05) is 6.07 Å². The van der Waals surface area contributed by atoms with Gasteiger partial charge in [0.05, 0.1) is 16.1 Å². The van der Waals surface area contributed by atoms with E-state index in [0.717, 1.165) is 6.07 Å². The average molecular weight is 452 g/mol. The fourth-order valence-electron chi connectivity index (χ4n) is 3.78. The molecular weight excluding hydrogens is 431 g/mol. The zero-order valence-electron chi connectivity index (χ0n) is 16.7.